The Kier molecular flexibility index (Phi) is 5.03. The van der Waals surface area contributed by atoms with Gasteiger partial charge in [0.05, 0.1) is 0 Å². The van der Waals surface area contributed by atoms with Crippen molar-refractivity contribution in [1.29, 1.82) is 0 Å². The second-order valence-corrected chi connectivity index (χ2v) is 5.04. The van der Waals surface area contributed by atoms with Crippen molar-refractivity contribution in [3.8, 4) is 0 Å². The molecular weight excluding hydrogens is 186 g/mol. The number of likely N-dealkylation sites (tertiary alicyclic amines) is 1. The maximum Gasteiger partial charge on any atom is 0.0328 e. The molecule has 0 aromatic rings. The van der Waals surface area contributed by atoms with Crippen molar-refractivity contribution in [3.05, 3.63) is 0 Å². The van der Waals surface area contributed by atoms with E-state index in [0.29, 0.717) is 6.04 Å². The summed E-state index contributed by atoms with van der Waals surface area (Å²) in [5, 5.41) is 3.64. The number of hydrogen-bond donors (Lipinski definition) is 2. The summed E-state index contributed by atoms with van der Waals surface area (Å²) in [6, 6.07) is 0.673. The molecule has 1 aliphatic rings. The molecule has 15 heavy (non-hydrogen) atoms. The fourth-order valence-corrected chi connectivity index (χ4v) is 2.31. The molecule has 1 fully saturated rings. The van der Waals surface area contributed by atoms with Crippen LogP contribution in [-0.4, -0.2) is 42.7 Å². The molecule has 0 unspecified atom stereocenters. The summed E-state index contributed by atoms with van der Waals surface area (Å²) in [6.45, 7) is 11.0. The Labute approximate surface area is 94.4 Å². The van der Waals surface area contributed by atoms with Gasteiger partial charge in [0.15, 0.2) is 0 Å². The van der Waals surface area contributed by atoms with Crippen molar-refractivity contribution < 1.29 is 0 Å². The van der Waals surface area contributed by atoms with Gasteiger partial charge in [-0.15, -0.1) is 0 Å². The van der Waals surface area contributed by atoms with E-state index in [1.54, 1.807) is 0 Å². The lowest BCUT2D eigenvalue weighted by atomic mass is 9.87. The Morgan fingerprint density at radius 2 is 1.93 bits per heavy atom. The van der Waals surface area contributed by atoms with Gasteiger partial charge < -0.3 is 16.0 Å². The molecule has 0 aromatic carbocycles. The summed E-state index contributed by atoms with van der Waals surface area (Å²) in [5.74, 6) is 0. The SMILES string of the molecule is CCCNC1(CN)CCN(C(C)C)CC1. The van der Waals surface area contributed by atoms with E-state index in [-0.39, 0.29) is 5.54 Å². The lowest BCUT2D eigenvalue weighted by molar-refractivity contribution is 0.114. The van der Waals surface area contributed by atoms with Crippen LogP contribution in [-0.2, 0) is 0 Å². The van der Waals surface area contributed by atoms with E-state index >= 15 is 0 Å². The predicted octanol–water partition coefficient (Wildman–Crippen LogP) is 1.19. The number of piperidine rings is 1. The van der Waals surface area contributed by atoms with Gasteiger partial charge in [0.2, 0.25) is 0 Å². The van der Waals surface area contributed by atoms with Gasteiger partial charge >= 0.3 is 0 Å². The Morgan fingerprint density at radius 3 is 2.33 bits per heavy atom. The second kappa shape index (κ2) is 5.83. The van der Waals surface area contributed by atoms with Crippen LogP contribution in [0.25, 0.3) is 0 Å². The normalized spacial score (nSPS) is 22.2. The summed E-state index contributed by atoms with van der Waals surface area (Å²) >= 11 is 0. The third-order valence-corrected chi connectivity index (χ3v) is 3.63. The molecule has 0 amide bonds. The van der Waals surface area contributed by atoms with Gasteiger partial charge in [-0.05, 0) is 39.7 Å². The number of rotatable bonds is 5. The molecule has 90 valence electrons. The maximum atomic E-state index is 5.92. The zero-order valence-electron chi connectivity index (χ0n) is 10.6. The van der Waals surface area contributed by atoms with E-state index < -0.39 is 0 Å². The number of nitrogens with one attached hydrogen (secondary N) is 1. The second-order valence-electron chi connectivity index (χ2n) is 5.04. The zero-order valence-corrected chi connectivity index (χ0v) is 10.6. The van der Waals surface area contributed by atoms with E-state index in [4.69, 9.17) is 5.73 Å². The molecule has 0 aromatic heterocycles. The molecular formula is C12H27N3. The molecule has 3 nitrogen and oxygen atoms in total. The minimum Gasteiger partial charge on any atom is -0.329 e. The standard InChI is InChI=1S/C12H27N3/c1-4-7-14-12(10-13)5-8-15(9-6-12)11(2)3/h11,14H,4-10,13H2,1-3H3. The van der Waals surface area contributed by atoms with Crippen LogP contribution >= 0.6 is 0 Å². The van der Waals surface area contributed by atoms with Crippen molar-refractivity contribution in [2.45, 2.75) is 51.6 Å². The van der Waals surface area contributed by atoms with Crippen LogP contribution < -0.4 is 11.1 Å². The van der Waals surface area contributed by atoms with Crippen molar-refractivity contribution in [2.75, 3.05) is 26.2 Å². The molecule has 0 spiro atoms. The van der Waals surface area contributed by atoms with Gasteiger partial charge in [-0.1, -0.05) is 6.92 Å². The minimum atomic E-state index is 0.224. The average Bonchev–Trinajstić information content (AvgIpc) is 2.27. The quantitative estimate of drug-likeness (QED) is 0.721. The van der Waals surface area contributed by atoms with Crippen LogP contribution in [0.5, 0.6) is 0 Å². The van der Waals surface area contributed by atoms with Gasteiger partial charge in [0, 0.05) is 31.2 Å². The van der Waals surface area contributed by atoms with Crippen LogP contribution in [0.2, 0.25) is 0 Å². The smallest absolute Gasteiger partial charge is 0.0328 e. The number of nitrogens with two attached hydrogens (primary N) is 1. The Hall–Kier alpha value is -0.120. The summed E-state index contributed by atoms with van der Waals surface area (Å²) < 4.78 is 0. The third-order valence-electron chi connectivity index (χ3n) is 3.63. The largest absolute Gasteiger partial charge is 0.329 e. The molecule has 0 bridgehead atoms. The minimum absolute atomic E-state index is 0.224. The van der Waals surface area contributed by atoms with E-state index in [1.807, 2.05) is 0 Å². The molecule has 1 aliphatic heterocycles. The van der Waals surface area contributed by atoms with E-state index in [9.17, 15) is 0 Å². The summed E-state index contributed by atoms with van der Waals surface area (Å²) in [5.41, 5.74) is 6.14. The van der Waals surface area contributed by atoms with E-state index in [2.05, 4.69) is 31.0 Å². The van der Waals surface area contributed by atoms with Gasteiger partial charge in [-0.3, -0.25) is 0 Å². The molecule has 0 radical (unpaired) electrons. The van der Waals surface area contributed by atoms with Gasteiger partial charge in [-0.25, -0.2) is 0 Å². The Morgan fingerprint density at radius 1 is 1.33 bits per heavy atom. The summed E-state index contributed by atoms with van der Waals surface area (Å²) in [4.78, 5) is 2.54. The fourth-order valence-electron chi connectivity index (χ4n) is 2.31. The average molecular weight is 213 g/mol. The third kappa shape index (κ3) is 3.44. The first kappa shape index (κ1) is 12.9. The first-order valence-corrected chi connectivity index (χ1v) is 6.32. The lowest BCUT2D eigenvalue weighted by Crippen LogP contribution is -2.58. The molecule has 3 N–H and O–H groups in total. The van der Waals surface area contributed by atoms with Crippen molar-refractivity contribution in [2.24, 2.45) is 5.73 Å². The highest BCUT2D eigenvalue weighted by Gasteiger charge is 2.32. The fraction of sp³-hybridized carbons (Fsp3) is 1.00. The Balaban J connectivity index is 2.43. The highest BCUT2D eigenvalue weighted by molar-refractivity contribution is 4.94. The van der Waals surface area contributed by atoms with Crippen LogP contribution in [0.3, 0.4) is 0 Å². The zero-order chi connectivity index (χ0) is 11.3. The van der Waals surface area contributed by atoms with Gasteiger partial charge in [0.25, 0.3) is 0 Å². The monoisotopic (exact) mass is 213 g/mol. The van der Waals surface area contributed by atoms with Crippen molar-refractivity contribution in [3.63, 3.8) is 0 Å². The highest BCUT2D eigenvalue weighted by atomic mass is 15.2. The van der Waals surface area contributed by atoms with E-state index in [0.717, 1.165) is 13.1 Å². The van der Waals surface area contributed by atoms with Crippen LogP contribution in [0, 0.1) is 0 Å². The molecule has 0 aliphatic carbocycles. The first-order chi connectivity index (χ1) is 7.13. The van der Waals surface area contributed by atoms with Crippen molar-refractivity contribution >= 4 is 0 Å². The van der Waals surface area contributed by atoms with Crippen molar-refractivity contribution in [1.82, 2.24) is 10.2 Å². The van der Waals surface area contributed by atoms with Gasteiger partial charge in [0.1, 0.15) is 0 Å². The molecule has 1 rings (SSSR count). The molecule has 0 atom stereocenters. The Bertz CT molecular complexity index is 172. The maximum absolute atomic E-state index is 5.92. The molecule has 1 heterocycles. The highest BCUT2D eigenvalue weighted by Crippen LogP contribution is 2.22. The summed E-state index contributed by atoms with van der Waals surface area (Å²) in [7, 11) is 0. The van der Waals surface area contributed by atoms with Gasteiger partial charge in [-0.2, -0.15) is 0 Å². The molecule has 1 saturated heterocycles. The molecule has 0 saturated carbocycles. The first-order valence-electron chi connectivity index (χ1n) is 6.32. The van der Waals surface area contributed by atoms with Crippen LogP contribution in [0.1, 0.15) is 40.0 Å². The number of hydrogen-bond acceptors (Lipinski definition) is 3. The number of nitrogens with zero attached hydrogens (tertiary/aromatic N) is 1. The topological polar surface area (TPSA) is 41.3 Å². The molecule has 3 heteroatoms. The van der Waals surface area contributed by atoms with E-state index in [1.165, 1.54) is 32.4 Å². The lowest BCUT2D eigenvalue weighted by Gasteiger charge is -2.43. The summed E-state index contributed by atoms with van der Waals surface area (Å²) in [6.07, 6.45) is 3.58. The predicted molar refractivity (Wildman–Crippen MR) is 66.0 cm³/mol. The van der Waals surface area contributed by atoms with Crippen LogP contribution in [0.15, 0.2) is 0 Å². The van der Waals surface area contributed by atoms with Crippen LogP contribution in [0.4, 0.5) is 0 Å².